The average Bonchev–Trinajstić information content (AvgIpc) is 2.24. The fourth-order valence-corrected chi connectivity index (χ4v) is 3.74. The number of hydrogen-bond acceptors (Lipinski definition) is 3. The lowest BCUT2D eigenvalue weighted by Gasteiger charge is -2.33. The molecule has 94 valence electrons. The van der Waals surface area contributed by atoms with E-state index in [0.717, 1.165) is 32.1 Å². The van der Waals surface area contributed by atoms with E-state index in [1.807, 2.05) is 0 Å². The summed E-state index contributed by atoms with van der Waals surface area (Å²) in [7, 11) is -3.23. The molecule has 6 heteroatoms. The van der Waals surface area contributed by atoms with Crippen LogP contribution in [-0.2, 0) is 10.2 Å². The van der Waals surface area contributed by atoms with Crippen LogP contribution in [0.15, 0.2) is 0 Å². The molecule has 2 fully saturated rings. The summed E-state index contributed by atoms with van der Waals surface area (Å²) in [5.74, 6) is 0.439. The third-order valence-electron chi connectivity index (χ3n) is 3.48. The maximum Gasteiger partial charge on any atom is 0.279 e. The summed E-state index contributed by atoms with van der Waals surface area (Å²) < 4.78 is 28.0. The molecular weight excluding hydrogens is 226 g/mol. The predicted molar refractivity (Wildman–Crippen MR) is 63.0 cm³/mol. The maximum absolute atomic E-state index is 11.9. The molecular formula is C10H21N3O2S. The van der Waals surface area contributed by atoms with Gasteiger partial charge in [-0.3, -0.25) is 0 Å². The topological polar surface area (TPSA) is 75.4 Å². The monoisotopic (exact) mass is 247 g/mol. The van der Waals surface area contributed by atoms with Crippen molar-refractivity contribution in [3.8, 4) is 0 Å². The first-order valence-corrected chi connectivity index (χ1v) is 7.52. The summed E-state index contributed by atoms with van der Waals surface area (Å²) >= 11 is 0. The summed E-state index contributed by atoms with van der Waals surface area (Å²) in [6.45, 7) is 1.88. The molecule has 2 rings (SSSR count). The van der Waals surface area contributed by atoms with Crippen LogP contribution in [0.1, 0.15) is 32.1 Å². The van der Waals surface area contributed by atoms with Crippen molar-refractivity contribution in [3.05, 3.63) is 0 Å². The lowest BCUT2D eigenvalue weighted by atomic mass is 9.81. The van der Waals surface area contributed by atoms with Gasteiger partial charge in [0.25, 0.3) is 10.2 Å². The van der Waals surface area contributed by atoms with Gasteiger partial charge in [0.15, 0.2) is 0 Å². The molecule has 3 N–H and O–H groups in total. The SMILES string of the molecule is NC1CC(CNS(=O)(=O)N2CCCCC2)C1. The van der Waals surface area contributed by atoms with Gasteiger partial charge in [-0.25, -0.2) is 4.72 Å². The molecule has 0 aromatic heterocycles. The predicted octanol–water partition coefficient (Wildman–Crippen LogP) is 0.0440. The van der Waals surface area contributed by atoms with Crippen LogP contribution in [0.5, 0.6) is 0 Å². The minimum atomic E-state index is -3.23. The Morgan fingerprint density at radius 3 is 2.38 bits per heavy atom. The molecule has 0 aromatic rings. The molecule has 0 spiro atoms. The Bertz CT molecular complexity index is 319. The van der Waals surface area contributed by atoms with Crippen molar-refractivity contribution < 1.29 is 8.42 Å². The zero-order valence-electron chi connectivity index (χ0n) is 9.56. The maximum atomic E-state index is 11.9. The van der Waals surface area contributed by atoms with Crippen molar-refractivity contribution in [2.75, 3.05) is 19.6 Å². The first kappa shape index (κ1) is 12.3. The molecule has 0 bridgehead atoms. The van der Waals surface area contributed by atoms with Gasteiger partial charge in [-0.05, 0) is 31.6 Å². The zero-order chi connectivity index (χ0) is 11.6. The smallest absolute Gasteiger partial charge is 0.279 e. The second-order valence-corrected chi connectivity index (χ2v) is 6.67. The highest BCUT2D eigenvalue weighted by Gasteiger charge is 2.29. The Morgan fingerprint density at radius 1 is 1.19 bits per heavy atom. The molecule has 2 aliphatic rings. The van der Waals surface area contributed by atoms with Gasteiger partial charge in [0.1, 0.15) is 0 Å². The van der Waals surface area contributed by atoms with Crippen LogP contribution in [0.3, 0.4) is 0 Å². The largest absolute Gasteiger partial charge is 0.328 e. The Balaban J connectivity index is 1.78. The van der Waals surface area contributed by atoms with Crippen LogP contribution in [0.2, 0.25) is 0 Å². The normalized spacial score (nSPS) is 32.3. The third kappa shape index (κ3) is 2.94. The molecule has 16 heavy (non-hydrogen) atoms. The minimum Gasteiger partial charge on any atom is -0.328 e. The van der Waals surface area contributed by atoms with Gasteiger partial charge in [0.2, 0.25) is 0 Å². The van der Waals surface area contributed by atoms with Crippen molar-refractivity contribution in [2.45, 2.75) is 38.1 Å². The molecule has 0 unspecified atom stereocenters. The second-order valence-electron chi connectivity index (χ2n) is 4.91. The fraction of sp³-hybridized carbons (Fsp3) is 1.00. The van der Waals surface area contributed by atoms with E-state index in [-0.39, 0.29) is 6.04 Å². The van der Waals surface area contributed by atoms with Crippen LogP contribution >= 0.6 is 0 Å². The fourth-order valence-electron chi connectivity index (χ4n) is 2.37. The average molecular weight is 247 g/mol. The van der Waals surface area contributed by atoms with E-state index in [2.05, 4.69) is 4.72 Å². The Kier molecular flexibility index (Phi) is 3.84. The standard InChI is InChI=1S/C10H21N3O2S/c11-10-6-9(7-10)8-12-16(14,15)13-4-2-1-3-5-13/h9-10,12H,1-8,11H2. The van der Waals surface area contributed by atoms with Crippen molar-refractivity contribution in [1.29, 1.82) is 0 Å². The highest BCUT2D eigenvalue weighted by Crippen LogP contribution is 2.24. The Morgan fingerprint density at radius 2 is 1.81 bits per heavy atom. The highest BCUT2D eigenvalue weighted by atomic mass is 32.2. The minimum absolute atomic E-state index is 0.282. The van der Waals surface area contributed by atoms with Crippen molar-refractivity contribution in [2.24, 2.45) is 11.7 Å². The van der Waals surface area contributed by atoms with E-state index in [1.54, 1.807) is 4.31 Å². The molecule has 5 nitrogen and oxygen atoms in total. The molecule has 1 aliphatic heterocycles. The van der Waals surface area contributed by atoms with E-state index in [0.29, 0.717) is 25.6 Å². The summed E-state index contributed by atoms with van der Waals surface area (Å²) in [5.41, 5.74) is 5.66. The summed E-state index contributed by atoms with van der Waals surface area (Å²) in [4.78, 5) is 0. The Hall–Kier alpha value is -0.170. The van der Waals surface area contributed by atoms with E-state index in [4.69, 9.17) is 5.73 Å². The van der Waals surface area contributed by atoms with Gasteiger partial charge in [0, 0.05) is 25.7 Å². The summed E-state index contributed by atoms with van der Waals surface area (Å²) in [6.07, 6.45) is 5.00. The molecule has 0 amide bonds. The van der Waals surface area contributed by atoms with E-state index in [1.165, 1.54) is 0 Å². The highest BCUT2D eigenvalue weighted by molar-refractivity contribution is 7.87. The summed E-state index contributed by atoms with van der Waals surface area (Å²) in [5, 5.41) is 0. The number of nitrogens with one attached hydrogen (secondary N) is 1. The molecule has 1 saturated carbocycles. The van der Waals surface area contributed by atoms with Crippen LogP contribution in [0.25, 0.3) is 0 Å². The zero-order valence-corrected chi connectivity index (χ0v) is 10.4. The van der Waals surface area contributed by atoms with E-state index in [9.17, 15) is 8.42 Å². The first-order chi connectivity index (χ1) is 7.58. The number of nitrogens with two attached hydrogens (primary N) is 1. The molecule has 1 saturated heterocycles. The molecule has 1 aliphatic carbocycles. The van der Waals surface area contributed by atoms with Gasteiger partial charge in [-0.15, -0.1) is 0 Å². The quantitative estimate of drug-likeness (QED) is 0.737. The van der Waals surface area contributed by atoms with Gasteiger partial charge < -0.3 is 5.73 Å². The number of nitrogens with zero attached hydrogens (tertiary/aromatic N) is 1. The van der Waals surface area contributed by atoms with Crippen LogP contribution < -0.4 is 10.5 Å². The lowest BCUT2D eigenvalue weighted by molar-refractivity contribution is 0.263. The van der Waals surface area contributed by atoms with Crippen LogP contribution in [-0.4, -0.2) is 38.4 Å². The van der Waals surface area contributed by atoms with E-state index < -0.39 is 10.2 Å². The third-order valence-corrected chi connectivity index (χ3v) is 5.06. The molecule has 0 aromatic carbocycles. The summed E-state index contributed by atoms with van der Waals surface area (Å²) in [6, 6.07) is 0.282. The second kappa shape index (κ2) is 5.00. The van der Waals surface area contributed by atoms with Gasteiger partial charge in [0.05, 0.1) is 0 Å². The van der Waals surface area contributed by atoms with Crippen LogP contribution in [0.4, 0.5) is 0 Å². The van der Waals surface area contributed by atoms with Gasteiger partial charge in [-0.2, -0.15) is 12.7 Å². The number of hydrogen-bond donors (Lipinski definition) is 2. The molecule has 0 atom stereocenters. The Labute approximate surface area is 97.6 Å². The van der Waals surface area contributed by atoms with E-state index >= 15 is 0 Å². The van der Waals surface area contributed by atoms with Crippen molar-refractivity contribution in [1.82, 2.24) is 9.03 Å². The van der Waals surface area contributed by atoms with Gasteiger partial charge >= 0.3 is 0 Å². The number of rotatable bonds is 4. The molecule has 0 radical (unpaired) electrons. The van der Waals surface area contributed by atoms with Gasteiger partial charge in [-0.1, -0.05) is 6.42 Å². The number of piperidine rings is 1. The van der Waals surface area contributed by atoms with Crippen LogP contribution in [0, 0.1) is 5.92 Å². The van der Waals surface area contributed by atoms with Crippen molar-refractivity contribution in [3.63, 3.8) is 0 Å². The lowest BCUT2D eigenvalue weighted by Crippen LogP contribution is -2.48. The van der Waals surface area contributed by atoms with Crippen molar-refractivity contribution >= 4 is 10.2 Å². The molecule has 1 heterocycles. The first-order valence-electron chi connectivity index (χ1n) is 6.08.